The highest BCUT2D eigenvalue weighted by Crippen LogP contribution is 2.43. The Labute approximate surface area is 164 Å². The van der Waals surface area contributed by atoms with Gasteiger partial charge in [0.05, 0.1) is 29.3 Å². The van der Waals surface area contributed by atoms with Crippen LogP contribution in [0.3, 0.4) is 0 Å². The fourth-order valence-corrected chi connectivity index (χ4v) is 4.82. The molecule has 0 aliphatic carbocycles. The first-order valence-electron chi connectivity index (χ1n) is 9.06. The summed E-state index contributed by atoms with van der Waals surface area (Å²) in [5.74, 6) is 0. The second-order valence-corrected chi connectivity index (χ2v) is 8.62. The molecule has 1 fully saturated rings. The molecule has 0 bridgehead atoms. The number of aliphatic hydroxyl groups is 4. The molecule has 3 rings (SSSR count). The van der Waals surface area contributed by atoms with E-state index in [9.17, 15) is 20.4 Å². The predicted molar refractivity (Wildman–Crippen MR) is 109 cm³/mol. The number of benzene rings is 2. The molecule has 4 N–H and O–H groups in total. The quantitative estimate of drug-likeness (QED) is 0.621. The van der Waals surface area contributed by atoms with Gasteiger partial charge in [0.1, 0.15) is 6.10 Å². The Morgan fingerprint density at radius 2 is 1.59 bits per heavy atom. The summed E-state index contributed by atoms with van der Waals surface area (Å²) in [5.41, 5.74) is 4.34. The summed E-state index contributed by atoms with van der Waals surface area (Å²) in [6.45, 7) is -0.246. The predicted octanol–water partition coefficient (Wildman–Crippen LogP) is 1.57. The van der Waals surface area contributed by atoms with Crippen LogP contribution in [0.5, 0.6) is 0 Å². The van der Waals surface area contributed by atoms with Crippen LogP contribution < -0.4 is 4.90 Å². The van der Waals surface area contributed by atoms with Crippen LogP contribution in [-0.4, -0.2) is 64.7 Å². The van der Waals surface area contributed by atoms with Gasteiger partial charge in [0, 0.05) is 19.8 Å². The third-order valence-electron chi connectivity index (χ3n) is 5.03. The zero-order valence-corrected chi connectivity index (χ0v) is 16.4. The minimum Gasteiger partial charge on any atom is -0.395 e. The van der Waals surface area contributed by atoms with Crippen molar-refractivity contribution in [1.29, 1.82) is 0 Å². The van der Waals surface area contributed by atoms with Gasteiger partial charge in [-0.15, -0.1) is 11.8 Å². The Morgan fingerprint density at radius 1 is 0.889 bits per heavy atom. The molecule has 0 unspecified atom stereocenters. The summed E-state index contributed by atoms with van der Waals surface area (Å²) in [6.07, 6.45) is -2.72. The maximum absolute atomic E-state index is 10.4. The Kier molecular flexibility index (Phi) is 6.44. The molecule has 0 aromatic heterocycles. The van der Waals surface area contributed by atoms with Gasteiger partial charge in [-0.3, -0.25) is 0 Å². The molecule has 27 heavy (non-hydrogen) atoms. The smallest absolute Gasteiger partial charge is 0.108 e. The second-order valence-electron chi connectivity index (χ2n) is 7.23. The van der Waals surface area contributed by atoms with Gasteiger partial charge in [0.15, 0.2) is 0 Å². The summed E-state index contributed by atoms with van der Waals surface area (Å²) in [6, 6.07) is 16.3. The third-order valence-corrected chi connectivity index (χ3v) is 6.65. The van der Waals surface area contributed by atoms with Gasteiger partial charge in [-0.2, -0.15) is 0 Å². The highest BCUT2D eigenvalue weighted by Gasteiger charge is 2.43. The van der Waals surface area contributed by atoms with Crippen LogP contribution in [0.25, 0.3) is 0 Å². The van der Waals surface area contributed by atoms with E-state index in [2.05, 4.69) is 29.2 Å². The summed E-state index contributed by atoms with van der Waals surface area (Å²) >= 11 is 1.31. The number of rotatable bonds is 5. The maximum Gasteiger partial charge on any atom is 0.108 e. The van der Waals surface area contributed by atoms with E-state index in [0.717, 1.165) is 23.2 Å². The van der Waals surface area contributed by atoms with Gasteiger partial charge in [-0.1, -0.05) is 36.4 Å². The van der Waals surface area contributed by atoms with E-state index in [-0.39, 0.29) is 6.61 Å². The van der Waals surface area contributed by atoms with Crippen LogP contribution in [0.15, 0.2) is 48.5 Å². The van der Waals surface area contributed by atoms with Gasteiger partial charge in [0.25, 0.3) is 0 Å². The van der Waals surface area contributed by atoms with Crippen LogP contribution in [0, 0.1) is 0 Å². The largest absolute Gasteiger partial charge is 0.395 e. The molecular weight excluding hydrogens is 362 g/mol. The maximum atomic E-state index is 10.4. The van der Waals surface area contributed by atoms with Crippen LogP contribution in [0.4, 0.5) is 5.69 Å². The van der Waals surface area contributed by atoms with Gasteiger partial charge in [-0.25, -0.2) is 0 Å². The molecule has 0 spiro atoms. The number of thioether (sulfide) groups is 1. The lowest BCUT2D eigenvalue weighted by atomic mass is 9.95. The van der Waals surface area contributed by atoms with Crippen molar-refractivity contribution in [2.24, 2.45) is 0 Å². The average molecular weight is 390 g/mol. The van der Waals surface area contributed by atoms with E-state index in [1.54, 1.807) is 0 Å². The zero-order valence-electron chi connectivity index (χ0n) is 15.6. The molecule has 146 valence electrons. The average Bonchev–Trinajstić information content (AvgIpc) is 2.67. The molecule has 5 atom stereocenters. The van der Waals surface area contributed by atoms with Crippen molar-refractivity contribution >= 4 is 17.4 Å². The Hall–Kier alpha value is -1.57. The van der Waals surface area contributed by atoms with E-state index in [1.807, 2.05) is 38.4 Å². The Morgan fingerprint density at radius 3 is 2.22 bits per heavy atom. The first-order valence-corrected chi connectivity index (χ1v) is 10.0. The minimum atomic E-state index is -1.27. The first kappa shape index (κ1) is 20.2. The lowest BCUT2D eigenvalue weighted by Crippen LogP contribution is -2.51. The summed E-state index contributed by atoms with van der Waals surface area (Å²) in [7, 11) is 4.02. The Bertz CT molecular complexity index is 750. The van der Waals surface area contributed by atoms with Gasteiger partial charge in [0.2, 0.25) is 0 Å². The van der Waals surface area contributed by atoms with Crippen molar-refractivity contribution in [2.45, 2.75) is 35.2 Å². The molecule has 0 amide bonds. The van der Waals surface area contributed by atoms with Crippen LogP contribution in [-0.2, 0) is 6.42 Å². The monoisotopic (exact) mass is 389 g/mol. The number of hydrogen-bond donors (Lipinski definition) is 4. The van der Waals surface area contributed by atoms with Gasteiger partial charge in [-0.05, 0) is 35.2 Å². The molecule has 1 aliphatic rings. The number of anilines is 1. The lowest BCUT2D eigenvalue weighted by molar-refractivity contribution is -0.0700. The van der Waals surface area contributed by atoms with Crippen molar-refractivity contribution in [3.8, 4) is 0 Å². The number of aliphatic hydroxyl groups excluding tert-OH is 4. The van der Waals surface area contributed by atoms with Crippen LogP contribution in [0.1, 0.15) is 21.9 Å². The normalized spacial score (nSPS) is 28.1. The fourth-order valence-electron chi connectivity index (χ4n) is 3.40. The van der Waals surface area contributed by atoms with Crippen LogP contribution >= 0.6 is 11.8 Å². The molecular formula is C21H27NO4S. The highest BCUT2D eigenvalue weighted by atomic mass is 32.2. The van der Waals surface area contributed by atoms with Crippen molar-refractivity contribution < 1.29 is 20.4 Å². The van der Waals surface area contributed by atoms with E-state index < -0.39 is 28.8 Å². The standard InChI is InChI=1S/C21H27NO4S/c1-22(2)16-8-6-13(7-9-16)10-14-4-3-5-15(11-14)21-20(26)19(25)18(24)17(12-23)27-21/h3-9,11,17-21,23-26H,10,12H2,1-2H3/t17-,18-,19+,20-,21+/m1/s1. The molecule has 0 radical (unpaired) electrons. The molecule has 6 heteroatoms. The van der Waals surface area contributed by atoms with Gasteiger partial charge < -0.3 is 25.3 Å². The van der Waals surface area contributed by atoms with Crippen molar-refractivity contribution in [1.82, 2.24) is 0 Å². The summed E-state index contributed by atoms with van der Waals surface area (Å²) < 4.78 is 0. The first-order chi connectivity index (χ1) is 12.9. The van der Waals surface area contributed by atoms with Crippen molar-refractivity contribution in [3.05, 3.63) is 65.2 Å². The van der Waals surface area contributed by atoms with E-state index in [0.29, 0.717) is 0 Å². The summed E-state index contributed by atoms with van der Waals surface area (Å²) in [5, 5.41) is 39.1. The lowest BCUT2D eigenvalue weighted by Gasteiger charge is -2.39. The molecule has 5 nitrogen and oxygen atoms in total. The third kappa shape index (κ3) is 4.47. The molecule has 1 heterocycles. The molecule has 1 saturated heterocycles. The van der Waals surface area contributed by atoms with Crippen molar-refractivity contribution in [3.63, 3.8) is 0 Å². The zero-order chi connectivity index (χ0) is 19.6. The topological polar surface area (TPSA) is 84.2 Å². The number of hydrogen-bond acceptors (Lipinski definition) is 6. The molecule has 2 aromatic rings. The number of nitrogens with zero attached hydrogens (tertiary/aromatic N) is 1. The van der Waals surface area contributed by atoms with Crippen LogP contribution in [0.2, 0.25) is 0 Å². The summed E-state index contributed by atoms with van der Waals surface area (Å²) in [4.78, 5) is 2.06. The van der Waals surface area contributed by atoms with E-state index in [4.69, 9.17) is 0 Å². The van der Waals surface area contributed by atoms with E-state index in [1.165, 1.54) is 17.3 Å². The van der Waals surface area contributed by atoms with Gasteiger partial charge >= 0.3 is 0 Å². The molecule has 0 saturated carbocycles. The van der Waals surface area contributed by atoms with E-state index >= 15 is 0 Å². The highest BCUT2D eigenvalue weighted by molar-refractivity contribution is 8.00. The Balaban J connectivity index is 1.78. The second kappa shape index (κ2) is 8.63. The SMILES string of the molecule is CN(C)c1ccc(Cc2cccc([C@@H]3S[C@H](CO)[C@@H](O)[C@H](O)[C@H]3O)c2)cc1. The fraction of sp³-hybridized carbons (Fsp3) is 0.429. The molecule has 2 aromatic carbocycles. The van der Waals surface area contributed by atoms with Crippen molar-refractivity contribution in [2.75, 3.05) is 25.6 Å². The minimum absolute atomic E-state index is 0.246. The molecule has 1 aliphatic heterocycles.